The molecule has 0 fully saturated rings. The molecule has 0 aliphatic rings. The first-order chi connectivity index (χ1) is 5.70. The Hall–Kier alpha value is 0.0596. The Labute approximate surface area is 80.5 Å². The van der Waals surface area contributed by atoms with E-state index in [0.717, 1.165) is 17.3 Å². The standard InChI is InChI=1S/C8H16O3Te/c1-3-5-6-12(10)7-8(9)11-4-2/h3-7H2,1-2H3. The van der Waals surface area contributed by atoms with Gasteiger partial charge in [0.1, 0.15) is 0 Å². The molecule has 0 aromatic carbocycles. The van der Waals surface area contributed by atoms with Crippen molar-refractivity contribution in [3.05, 3.63) is 0 Å². The van der Waals surface area contributed by atoms with E-state index < -0.39 is 19.5 Å². The maximum atomic E-state index is 11.2. The van der Waals surface area contributed by atoms with Gasteiger partial charge in [-0.2, -0.15) is 0 Å². The van der Waals surface area contributed by atoms with Crippen LogP contribution in [-0.4, -0.2) is 32.1 Å². The van der Waals surface area contributed by atoms with Crippen LogP contribution in [0.15, 0.2) is 0 Å². The predicted molar refractivity (Wildman–Crippen MR) is 47.6 cm³/mol. The van der Waals surface area contributed by atoms with Gasteiger partial charge in [-0.1, -0.05) is 0 Å². The SMILES string of the molecule is CCCC[Te](=O)CC(=O)OCC. The van der Waals surface area contributed by atoms with Crippen LogP contribution in [0.3, 0.4) is 0 Å². The Morgan fingerprint density at radius 2 is 2.08 bits per heavy atom. The molecule has 0 aromatic heterocycles. The van der Waals surface area contributed by atoms with E-state index in [2.05, 4.69) is 6.92 Å². The van der Waals surface area contributed by atoms with E-state index in [0.29, 0.717) is 6.61 Å². The molecule has 0 aliphatic heterocycles. The number of carbonyl (C=O) groups excluding carboxylic acids is 1. The minimum atomic E-state index is -2.32. The van der Waals surface area contributed by atoms with Crippen LogP contribution >= 0.6 is 0 Å². The van der Waals surface area contributed by atoms with Gasteiger partial charge in [0, 0.05) is 0 Å². The second kappa shape index (κ2) is 7.70. The first-order valence-corrected chi connectivity index (χ1v) is 8.46. The van der Waals surface area contributed by atoms with E-state index in [-0.39, 0.29) is 10.4 Å². The second-order valence-corrected chi connectivity index (χ2v) is 6.95. The van der Waals surface area contributed by atoms with Gasteiger partial charge in [0.25, 0.3) is 0 Å². The number of esters is 1. The first kappa shape index (κ1) is 12.1. The van der Waals surface area contributed by atoms with Gasteiger partial charge in [-0.25, -0.2) is 0 Å². The fourth-order valence-electron chi connectivity index (χ4n) is 0.712. The summed E-state index contributed by atoms with van der Waals surface area (Å²) in [4.78, 5) is 10.8. The normalized spacial score (nSPS) is 10.2. The monoisotopic (exact) mass is 290 g/mol. The molecule has 0 atom stereocenters. The molecule has 0 bridgehead atoms. The Balaban J connectivity index is 3.47. The van der Waals surface area contributed by atoms with Gasteiger partial charge in [-0.05, 0) is 0 Å². The van der Waals surface area contributed by atoms with Gasteiger partial charge in [0.2, 0.25) is 0 Å². The summed E-state index contributed by atoms with van der Waals surface area (Å²) in [6, 6.07) is 0. The second-order valence-electron chi connectivity index (χ2n) is 2.45. The molecule has 4 heteroatoms. The molecule has 0 N–H and O–H groups in total. The van der Waals surface area contributed by atoms with Gasteiger partial charge in [0.15, 0.2) is 0 Å². The molecule has 0 rings (SSSR count). The van der Waals surface area contributed by atoms with Crippen LogP contribution in [0.2, 0.25) is 8.94 Å². The van der Waals surface area contributed by atoms with Gasteiger partial charge >= 0.3 is 80.4 Å². The summed E-state index contributed by atoms with van der Waals surface area (Å²) in [6.07, 6.45) is 2.02. The van der Waals surface area contributed by atoms with Crippen molar-refractivity contribution in [1.82, 2.24) is 0 Å². The fourth-order valence-corrected chi connectivity index (χ4v) is 3.85. The Kier molecular flexibility index (Phi) is 7.73. The van der Waals surface area contributed by atoms with Crippen LogP contribution in [0.1, 0.15) is 26.7 Å². The fraction of sp³-hybridized carbons (Fsp3) is 0.875. The third kappa shape index (κ3) is 6.75. The van der Waals surface area contributed by atoms with E-state index >= 15 is 0 Å². The molecule has 0 unspecified atom stereocenters. The zero-order chi connectivity index (χ0) is 9.40. The molecule has 0 radical (unpaired) electrons. The van der Waals surface area contributed by atoms with E-state index in [1.54, 1.807) is 6.92 Å². The zero-order valence-corrected chi connectivity index (χ0v) is 10.00. The molecule has 0 saturated heterocycles. The Bertz CT molecular complexity index is 156. The van der Waals surface area contributed by atoms with Crippen LogP contribution in [0.4, 0.5) is 0 Å². The van der Waals surface area contributed by atoms with Gasteiger partial charge in [-0.3, -0.25) is 0 Å². The van der Waals surface area contributed by atoms with Crippen molar-refractivity contribution in [2.45, 2.75) is 35.6 Å². The molecule has 0 spiro atoms. The molecule has 0 heterocycles. The minimum absolute atomic E-state index is 0.192. The van der Waals surface area contributed by atoms with Crippen LogP contribution in [0.5, 0.6) is 0 Å². The molecule has 0 aliphatic carbocycles. The third-order valence-corrected chi connectivity index (χ3v) is 5.02. The first-order valence-electron chi connectivity index (χ1n) is 4.21. The van der Waals surface area contributed by atoms with Crippen LogP contribution < -0.4 is 0 Å². The quantitative estimate of drug-likeness (QED) is 0.552. The van der Waals surface area contributed by atoms with E-state index in [4.69, 9.17) is 4.74 Å². The zero-order valence-electron chi connectivity index (χ0n) is 7.67. The predicted octanol–water partition coefficient (Wildman–Crippen LogP) is 1.77. The van der Waals surface area contributed by atoms with Crippen molar-refractivity contribution < 1.29 is 12.6 Å². The van der Waals surface area contributed by atoms with Crippen molar-refractivity contribution in [2.24, 2.45) is 0 Å². The summed E-state index contributed by atoms with van der Waals surface area (Å²) < 4.78 is 16.9. The molecule has 0 saturated carbocycles. The number of hydrogen-bond acceptors (Lipinski definition) is 3. The Morgan fingerprint density at radius 1 is 1.42 bits per heavy atom. The van der Waals surface area contributed by atoms with Gasteiger partial charge in [-0.15, -0.1) is 0 Å². The van der Waals surface area contributed by atoms with E-state index in [9.17, 15) is 7.90 Å². The van der Waals surface area contributed by atoms with Crippen molar-refractivity contribution in [2.75, 3.05) is 6.61 Å². The number of unbranched alkanes of at least 4 members (excludes halogenated alkanes) is 1. The summed E-state index contributed by atoms with van der Waals surface area (Å²) in [5, 5.41) is 0. The summed E-state index contributed by atoms with van der Waals surface area (Å²) in [5.74, 6) is -0.291. The average molecular weight is 288 g/mol. The number of ether oxygens (including phenoxy) is 1. The summed E-state index contributed by atoms with van der Waals surface area (Å²) >= 11 is -2.32. The van der Waals surface area contributed by atoms with Crippen LogP contribution in [-0.2, 0) is 12.6 Å². The third-order valence-electron chi connectivity index (χ3n) is 1.31. The summed E-state index contributed by atoms with van der Waals surface area (Å²) in [6.45, 7) is 4.20. The van der Waals surface area contributed by atoms with E-state index in [1.807, 2.05) is 0 Å². The average Bonchev–Trinajstić information content (AvgIpc) is 2.01. The van der Waals surface area contributed by atoms with Gasteiger partial charge < -0.3 is 0 Å². The Morgan fingerprint density at radius 3 is 2.58 bits per heavy atom. The van der Waals surface area contributed by atoms with Crippen LogP contribution in [0.25, 0.3) is 0 Å². The van der Waals surface area contributed by atoms with Crippen molar-refractivity contribution in [3.8, 4) is 0 Å². The molecular formula is C8H16O3Te. The number of hydrogen-bond donors (Lipinski definition) is 0. The van der Waals surface area contributed by atoms with E-state index in [1.165, 1.54) is 0 Å². The van der Waals surface area contributed by atoms with Crippen LogP contribution in [0, 0.1) is 0 Å². The molecule has 0 amide bonds. The number of rotatable bonds is 6. The topological polar surface area (TPSA) is 43.4 Å². The van der Waals surface area contributed by atoms with Crippen molar-refractivity contribution in [1.29, 1.82) is 0 Å². The molecular weight excluding hydrogens is 272 g/mol. The molecule has 3 nitrogen and oxygen atoms in total. The molecule has 0 aromatic rings. The molecule has 12 heavy (non-hydrogen) atoms. The molecule has 72 valence electrons. The van der Waals surface area contributed by atoms with Crippen molar-refractivity contribution in [3.63, 3.8) is 0 Å². The summed E-state index contributed by atoms with van der Waals surface area (Å²) in [7, 11) is 0. The van der Waals surface area contributed by atoms with Crippen molar-refractivity contribution >= 4 is 25.5 Å². The summed E-state index contributed by atoms with van der Waals surface area (Å²) in [5.41, 5.74) is 0. The number of carbonyl (C=O) groups is 1. The van der Waals surface area contributed by atoms with Gasteiger partial charge in [0.05, 0.1) is 0 Å². The maximum absolute atomic E-state index is 11.2.